The molecule has 0 aliphatic carbocycles. The molecule has 0 saturated heterocycles. The number of hydrogen-bond donors (Lipinski definition) is 1. The quantitative estimate of drug-likeness (QED) is 0.610. The molecule has 2 aromatic carbocycles. The van der Waals surface area contributed by atoms with Gasteiger partial charge in [0.1, 0.15) is 18.3 Å². The predicted octanol–water partition coefficient (Wildman–Crippen LogP) is 2.28. The molecule has 2 aromatic rings. The number of methoxy groups -OCH3 is 1. The number of carbonyl (C=O) groups is 2. The van der Waals surface area contributed by atoms with Crippen LogP contribution in [0.3, 0.4) is 0 Å². The van der Waals surface area contributed by atoms with Crippen molar-refractivity contribution in [3.8, 4) is 5.75 Å². The van der Waals surface area contributed by atoms with Gasteiger partial charge in [0.05, 0.1) is 19.1 Å². The first kappa shape index (κ1) is 24.5. The molecule has 10 heteroatoms. The number of amides is 2. The molecule has 2 amide bonds. The maximum Gasteiger partial charge on any atom is 0.244 e. The molecule has 0 unspecified atom stereocenters. The average Bonchev–Trinajstić information content (AvgIpc) is 2.75. The maximum absolute atomic E-state index is 13.3. The molecule has 2 rings (SSSR count). The number of sulfonamides is 1. The zero-order chi connectivity index (χ0) is 23.2. The zero-order valence-corrected chi connectivity index (χ0v) is 19.4. The van der Waals surface area contributed by atoms with E-state index < -0.39 is 28.5 Å². The largest absolute Gasteiger partial charge is 0.495 e. The number of carbonyl (C=O) groups excluding carboxylic acids is 2. The van der Waals surface area contributed by atoms with E-state index in [1.54, 1.807) is 55.5 Å². The van der Waals surface area contributed by atoms with E-state index in [0.717, 1.165) is 16.1 Å². The molecule has 8 nitrogen and oxygen atoms in total. The van der Waals surface area contributed by atoms with Crippen molar-refractivity contribution in [2.24, 2.45) is 0 Å². The van der Waals surface area contributed by atoms with Gasteiger partial charge >= 0.3 is 0 Å². The first-order valence-corrected chi connectivity index (χ1v) is 11.7. The van der Waals surface area contributed by atoms with Gasteiger partial charge in [-0.25, -0.2) is 8.42 Å². The summed E-state index contributed by atoms with van der Waals surface area (Å²) in [6, 6.07) is 12.5. The smallest absolute Gasteiger partial charge is 0.244 e. The standard InChI is InChI=1S/C21H26ClN3O5S/c1-15(21(27)23-2)24(13-16-9-11-17(22)12-10-16)20(26)14-25(31(4,28)29)18-7-5-6-8-19(18)30-3/h5-12,15H,13-14H2,1-4H3,(H,23,27)/t15-/m1/s1. The zero-order valence-electron chi connectivity index (χ0n) is 17.8. The van der Waals surface area contributed by atoms with Crippen molar-refractivity contribution in [2.45, 2.75) is 19.5 Å². The van der Waals surface area contributed by atoms with E-state index in [1.807, 2.05) is 0 Å². The minimum absolute atomic E-state index is 0.105. The summed E-state index contributed by atoms with van der Waals surface area (Å²) in [4.78, 5) is 26.9. The van der Waals surface area contributed by atoms with Gasteiger partial charge in [0.15, 0.2) is 0 Å². The first-order chi connectivity index (χ1) is 14.6. The van der Waals surface area contributed by atoms with Crippen LogP contribution in [0.15, 0.2) is 48.5 Å². The molecule has 0 saturated carbocycles. The molecule has 1 N–H and O–H groups in total. The van der Waals surface area contributed by atoms with E-state index in [1.165, 1.54) is 19.1 Å². The first-order valence-electron chi connectivity index (χ1n) is 9.44. The van der Waals surface area contributed by atoms with E-state index in [-0.39, 0.29) is 18.1 Å². The highest BCUT2D eigenvalue weighted by atomic mass is 35.5. The molecule has 0 spiro atoms. The number of ether oxygens (including phenoxy) is 1. The number of para-hydroxylation sites is 2. The van der Waals surface area contributed by atoms with Crippen LogP contribution in [0.4, 0.5) is 5.69 Å². The molecule has 0 heterocycles. The lowest BCUT2D eigenvalue weighted by Gasteiger charge is -2.31. The third-order valence-electron chi connectivity index (χ3n) is 4.71. The van der Waals surface area contributed by atoms with Crippen LogP contribution in [0.25, 0.3) is 0 Å². The van der Waals surface area contributed by atoms with E-state index in [2.05, 4.69) is 5.32 Å². The summed E-state index contributed by atoms with van der Waals surface area (Å²) in [5, 5.41) is 3.06. The number of rotatable bonds is 9. The Balaban J connectivity index is 2.41. The fourth-order valence-electron chi connectivity index (χ4n) is 3.01. The Hall–Kier alpha value is -2.78. The molecule has 0 aliphatic heterocycles. The minimum Gasteiger partial charge on any atom is -0.495 e. The van der Waals surface area contributed by atoms with Gasteiger partial charge in [-0.1, -0.05) is 35.9 Å². The Kier molecular flexibility index (Phi) is 8.29. The summed E-state index contributed by atoms with van der Waals surface area (Å²) >= 11 is 5.93. The molecule has 1 atom stereocenters. The van der Waals surface area contributed by atoms with Crippen molar-refractivity contribution in [1.82, 2.24) is 10.2 Å². The predicted molar refractivity (Wildman–Crippen MR) is 121 cm³/mol. The molecule has 0 radical (unpaired) electrons. The summed E-state index contributed by atoms with van der Waals surface area (Å²) in [6.45, 7) is 1.20. The van der Waals surface area contributed by atoms with Crippen LogP contribution in [0, 0.1) is 0 Å². The molecule has 0 aromatic heterocycles. The molecule has 31 heavy (non-hydrogen) atoms. The molecule has 0 aliphatic rings. The fourth-order valence-corrected chi connectivity index (χ4v) is 3.99. The van der Waals surface area contributed by atoms with Crippen LogP contribution in [0.5, 0.6) is 5.75 Å². The molecule has 168 valence electrons. The van der Waals surface area contributed by atoms with Crippen LogP contribution >= 0.6 is 11.6 Å². The second-order valence-electron chi connectivity index (χ2n) is 6.88. The third kappa shape index (κ3) is 6.35. The van der Waals surface area contributed by atoms with Crippen molar-refractivity contribution in [2.75, 3.05) is 31.3 Å². The Bertz CT molecular complexity index is 1030. The van der Waals surface area contributed by atoms with Crippen LogP contribution < -0.4 is 14.4 Å². The molecular formula is C21H26ClN3O5S. The topological polar surface area (TPSA) is 96.0 Å². The molecule has 0 bridgehead atoms. The number of anilines is 1. The van der Waals surface area contributed by atoms with Crippen molar-refractivity contribution in [3.05, 3.63) is 59.1 Å². The number of likely N-dealkylation sites (N-methyl/N-ethyl adjacent to an activating group) is 1. The van der Waals surface area contributed by atoms with Crippen molar-refractivity contribution in [3.63, 3.8) is 0 Å². The van der Waals surface area contributed by atoms with Gasteiger partial charge in [0.2, 0.25) is 21.8 Å². The van der Waals surface area contributed by atoms with E-state index >= 15 is 0 Å². The lowest BCUT2D eigenvalue weighted by Crippen LogP contribution is -2.50. The van der Waals surface area contributed by atoms with Gasteiger partial charge in [0, 0.05) is 18.6 Å². The lowest BCUT2D eigenvalue weighted by atomic mass is 10.1. The fraction of sp³-hybridized carbons (Fsp3) is 0.333. The highest BCUT2D eigenvalue weighted by molar-refractivity contribution is 7.92. The number of nitrogens with zero attached hydrogens (tertiary/aromatic N) is 2. The second-order valence-corrected chi connectivity index (χ2v) is 9.22. The highest BCUT2D eigenvalue weighted by Gasteiger charge is 2.30. The van der Waals surface area contributed by atoms with Crippen LogP contribution in [0.2, 0.25) is 5.02 Å². The minimum atomic E-state index is -3.82. The SMILES string of the molecule is CNC(=O)[C@@H](C)N(Cc1ccc(Cl)cc1)C(=O)CN(c1ccccc1OC)S(C)(=O)=O. The van der Waals surface area contributed by atoms with Crippen molar-refractivity contribution in [1.29, 1.82) is 0 Å². The highest BCUT2D eigenvalue weighted by Crippen LogP contribution is 2.29. The average molecular weight is 468 g/mol. The Morgan fingerprint density at radius 1 is 1.13 bits per heavy atom. The Labute approximate surface area is 187 Å². The number of benzene rings is 2. The Morgan fingerprint density at radius 2 is 1.74 bits per heavy atom. The summed E-state index contributed by atoms with van der Waals surface area (Å²) in [5.74, 6) is -0.600. The summed E-state index contributed by atoms with van der Waals surface area (Å²) in [6.07, 6.45) is 1.01. The van der Waals surface area contributed by atoms with Gasteiger partial charge in [-0.05, 0) is 36.8 Å². The molecule has 0 fully saturated rings. The maximum atomic E-state index is 13.3. The van der Waals surface area contributed by atoms with Crippen LogP contribution in [-0.4, -0.2) is 58.1 Å². The van der Waals surface area contributed by atoms with E-state index in [9.17, 15) is 18.0 Å². The van der Waals surface area contributed by atoms with E-state index in [4.69, 9.17) is 16.3 Å². The van der Waals surface area contributed by atoms with E-state index in [0.29, 0.717) is 10.8 Å². The van der Waals surface area contributed by atoms with Gasteiger partial charge in [-0.3, -0.25) is 13.9 Å². The number of hydrogen-bond acceptors (Lipinski definition) is 5. The number of halogens is 1. The van der Waals surface area contributed by atoms with Gasteiger partial charge in [-0.15, -0.1) is 0 Å². The normalized spacial score (nSPS) is 12.0. The van der Waals surface area contributed by atoms with Crippen LogP contribution in [0.1, 0.15) is 12.5 Å². The van der Waals surface area contributed by atoms with Gasteiger partial charge in [-0.2, -0.15) is 0 Å². The lowest BCUT2D eigenvalue weighted by molar-refractivity contribution is -0.139. The van der Waals surface area contributed by atoms with Gasteiger partial charge in [0.25, 0.3) is 0 Å². The summed E-state index contributed by atoms with van der Waals surface area (Å²) < 4.78 is 31.3. The Morgan fingerprint density at radius 3 is 2.29 bits per heavy atom. The molecular weight excluding hydrogens is 442 g/mol. The monoisotopic (exact) mass is 467 g/mol. The van der Waals surface area contributed by atoms with Crippen molar-refractivity contribution < 1.29 is 22.7 Å². The second kappa shape index (κ2) is 10.5. The summed E-state index contributed by atoms with van der Waals surface area (Å²) in [7, 11) is -0.929. The van der Waals surface area contributed by atoms with Crippen molar-refractivity contribution >= 4 is 39.1 Å². The third-order valence-corrected chi connectivity index (χ3v) is 6.09. The summed E-state index contributed by atoms with van der Waals surface area (Å²) in [5.41, 5.74) is 0.983. The number of nitrogens with one attached hydrogen (secondary N) is 1. The van der Waals surface area contributed by atoms with Crippen LogP contribution in [-0.2, 0) is 26.2 Å². The van der Waals surface area contributed by atoms with Gasteiger partial charge < -0.3 is 15.0 Å².